The van der Waals surface area contributed by atoms with Crippen LogP contribution in [0.15, 0.2) is 10.9 Å². The van der Waals surface area contributed by atoms with Crippen molar-refractivity contribution in [1.82, 2.24) is 19.6 Å². The summed E-state index contributed by atoms with van der Waals surface area (Å²) in [5, 5.41) is 0. The number of aryl methyl sites for hydroxylation is 1. The smallest absolute Gasteiger partial charge is 0.251 e. The molecule has 0 spiro atoms. The molecular weight excluding hydrogens is 280 g/mol. The second-order valence-electron chi connectivity index (χ2n) is 5.30. The molecule has 0 aromatic carbocycles. The third-order valence-electron chi connectivity index (χ3n) is 3.18. The Bertz CT molecular complexity index is 626. The zero-order chi connectivity index (χ0) is 14.8. The second-order valence-corrected chi connectivity index (χ2v) is 7.08. The molecule has 1 unspecified atom stereocenters. The predicted octanol–water partition coefficient (Wildman–Crippen LogP) is -0.408. The van der Waals surface area contributed by atoms with Crippen molar-refractivity contribution >= 4 is 10.0 Å². The number of likely N-dealkylation sites (tertiary alicyclic amines) is 1. The Kier molecular flexibility index (Phi) is 4.56. The van der Waals surface area contributed by atoms with E-state index in [1.54, 1.807) is 6.92 Å². The number of sulfonamides is 1. The van der Waals surface area contributed by atoms with Gasteiger partial charge in [-0.2, -0.15) is 0 Å². The Morgan fingerprint density at radius 2 is 2.30 bits per heavy atom. The summed E-state index contributed by atoms with van der Waals surface area (Å²) in [4.78, 5) is 20.5. The summed E-state index contributed by atoms with van der Waals surface area (Å²) >= 11 is 0. The van der Waals surface area contributed by atoms with E-state index in [0.717, 1.165) is 19.4 Å². The molecule has 7 nitrogen and oxygen atoms in total. The van der Waals surface area contributed by atoms with Gasteiger partial charge in [-0.15, -0.1) is 0 Å². The summed E-state index contributed by atoms with van der Waals surface area (Å²) in [6, 6.07) is 1.38. The van der Waals surface area contributed by atoms with Crippen LogP contribution in [0.25, 0.3) is 0 Å². The number of nitrogens with zero attached hydrogens (tertiary/aromatic N) is 2. The standard InChI is InChI=1S/C12H20N4O3S/c1-9-6-12(17)14-11(13-9)8-16-5-3-4-10(7-16)15-20(2,18)19/h6,10,15H,3-5,7-8H2,1-2H3,(H,13,14,17). The Morgan fingerprint density at radius 3 is 2.95 bits per heavy atom. The zero-order valence-electron chi connectivity index (χ0n) is 11.7. The number of aromatic amines is 1. The van der Waals surface area contributed by atoms with Gasteiger partial charge in [0, 0.05) is 24.3 Å². The lowest BCUT2D eigenvalue weighted by atomic mass is 10.1. The fourth-order valence-electron chi connectivity index (χ4n) is 2.53. The van der Waals surface area contributed by atoms with E-state index in [4.69, 9.17) is 0 Å². The maximum absolute atomic E-state index is 11.4. The highest BCUT2D eigenvalue weighted by Gasteiger charge is 2.22. The van der Waals surface area contributed by atoms with Crippen molar-refractivity contribution in [2.45, 2.75) is 32.4 Å². The molecule has 2 heterocycles. The molecule has 2 rings (SSSR count). The van der Waals surface area contributed by atoms with Crippen molar-refractivity contribution in [3.63, 3.8) is 0 Å². The molecule has 1 aliphatic rings. The summed E-state index contributed by atoms with van der Waals surface area (Å²) in [5.74, 6) is 0.620. The highest BCUT2D eigenvalue weighted by atomic mass is 32.2. The van der Waals surface area contributed by atoms with Crippen molar-refractivity contribution in [3.05, 3.63) is 27.9 Å². The molecule has 1 aromatic heterocycles. The first kappa shape index (κ1) is 15.1. The van der Waals surface area contributed by atoms with Crippen LogP contribution < -0.4 is 10.3 Å². The van der Waals surface area contributed by atoms with Crippen LogP contribution in [0.3, 0.4) is 0 Å². The first-order chi connectivity index (χ1) is 9.32. The molecule has 8 heteroatoms. The monoisotopic (exact) mass is 300 g/mol. The van der Waals surface area contributed by atoms with Crippen LogP contribution in [0, 0.1) is 6.92 Å². The van der Waals surface area contributed by atoms with Gasteiger partial charge >= 0.3 is 0 Å². The van der Waals surface area contributed by atoms with Crippen LogP contribution in [0.1, 0.15) is 24.4 Å². The van der Waals surface area contributed by atoms with Crippen LogP contribution >= 0.6 is 0 Å². The van der Waals surface area contributed by atoms with Gasteiger partial charge in [0.2, 0.25) is 10.0 Å². The number of hydrogen-bond acceptors (Lipinski definition) is 5. The van der Waals surface area contributed by atoms with Crippen LogP contribution in [-0.4, -0.2) is 48.7 Å². The molecular formula is C12H20N4O3S. The van der Waals surface area contributed by atoms with Crippen molar-refractivity contribution in [1.29, 1.82) is 0 Å². The Labute approximate surface area is 118 Å². The van der Waals surface area contributed by atoms with E-state index in [9.17, 15) is 13.2 Å². The van der Waals surface area contributed by atoms with Gasteiger partial charge < -0.3 is 4.98 Å². The van der Waals surface area contributed by atoms with Crippen LogP contribution in [0.5, 0.6) is 0 Å². The van der Waals surface area contributed by atoms with E-state index >= 15 is 0 Å². The normalized spacial score (nSPS) is 21.0. The lowest BCUT2D eigenvalue weighted by Crippen LogP contribution is -2.47. The minimum absolute atomic E-state index is 0.0738. The molecule has 1 fully saturated rings. The Balaban J connectivity index is 2.00. The fourth-order valence-corrected chi connectivity index (χ4v) is 3.32. The number of H-pyrrole nitrogens is 1. The summed E-state index contributed by atoms with van der Waals surface area (Å²) in [7, 11) is -3.18. The number of hydrogen-bond donors (Lipinski definition) is 2. The highest BCUT2D eigenvalue weighted by molar-refractivity contribution is 7.88. The molecule has 1 atom stereocenters. The molecule has 0 amide bonds. The van der Waals surface area contributed by atoms with E-state index in [0.29, 0.717) is 24.6 Å². The Morgan fingerprint density at radius 1 is 1.55 bits per heavy atom. The number of aromatic nitrogens is 2. The number of nitrogens with one attached hydrogen (secondary N) is 2. The van der Waals surface area contributed by atoms with E-state index in [1.165, 1.54) is 12.3 Å². The molecule has 0 bridgehead atoms. The first-order valence-electron chi connectivity index (χ1n) is 6.58. The van der Waals surface area contributed by atoms with Crippen LogP contribution in [0.4, 0.5) is 0 Å². The quantitative estimate of drug-likeness (QED) is 0.788. The van der Waals surface area contributed by atoms with Gasteiger partial charge in [0.15, 0.2) is 0 Å². The molecule has 1 aliphatic heterocycles. The maximum atomic E-state index is 11.4. The maximum Gasteiger partial charge on any atom is 0.251 e. The molecule has 1 aromatic rings. The number of piperidine rings is 1. The summed E-state index contributed by atoms with van der Waals surface area (Å²) in [5.41, 5.74) is 0.530. The van der Waals surface area contributed by atoms with Gasteiger partial charge in [0.05, 0.1) is 12.8 Å². The number of rotatable bonds is 4. The summed E-state index contributed by atoms with van der Waals surface area (Å²) in [6.07, 6.45) is 2.93. The van der Waals surface area contributed by atoms with E-state index in [1.807, 2.05) is 0 Å². The minimum atomic E-state index is -3.18. The molecule has 20 heavy (non-hydrogen) atoms. The fraction of sp³-hybridized carbons (Fsp3) is 0.667. The Hall–Kier alpha value is -1.25. The van der Waals surface area contributed by atoms with Gasteiger partial charge in [0.1, 0.15) is 5.82 Å². The van der Waals surface area contributed by atoms with Gasteiger partial charge in [-0.05, 0) is 26.3 Å². The first-order valence-corrected chi connectivity index (χ1v) is 8.47. The molecule has 1 saturated heterocycles. The summed E-state index contributed by atoms with van der Waals surface area (Å²) < 4.78 is 25.2. The SMILES string of the molecule is Cc1cc(=O)[nH]c(CN2CCCC(NS(C)(=O)=O)C2)n1. The van der Waals surface area contributed by atoms with Crippen molar-refractivity contribution < 1.29 is 8.42 Å². The van der Waals surface area contributed by atoms with Gasteiger partial charge in [-0.3, -0.25) is 9.69 Å². The summed E-state index contributed by atoms with van der Waals surface area (Å²) in [6.45, 7) is 3.81. The van der Waals surface area contributed by atoms with Crippen LogP contribution in [-0.2, 0) is 16.6 Å². The third-order valence-corrected chi connectivity index (χ3v) is 3.94. The highest BCUT2D eigenvalue weighted by Crippen LogP contribution is 2.12. The molecule has 2 N–H and O–H groups in total. The average Bonchev–Trinajstić information content (AvgIpc) is 2.25. The average molecular weight is 300 g/mol. The molecule has 0 saturated carbocycles. The third kappa shape index (κ3) is 4.69. The van der Waals surface area contributed by atoms with Gasteiger partial charge in [0.25, 0.3) is 5.56 Å². The molecule has 0 aliphatic carbocycles. The van der Waals surface area contributed by atoms with Crippen molar-refractivity contribution in [2.24, 2.45) is 0 Å². The second kappa shape index (κ2) is 6.02. The lowest BCUT2D eigenvalue weighted by molar-refractivity contribution is 0.190. The van der Waals surface area contributed by atoms with Gasteiger partial charge in [-0.25, -0.2) is 18.1 Å². The molecule has 0 radical (unpaired) electrons. The van der Waals surface area contributed by atoms with Crippen molar-refractivity contribution in [3.8, 4) is 0 Å². The van der Waals surface area contributed by atoms with E-state index in [-0.39, 0.29) is 11.6 Å². The zero-order valence-corrected chi connectivity index (χ0v) is 12.5. The largest absolute Gasteiger partial charge is 0.309 e. The van der Waals surface area contributed by atoms with Gasteiger partial charge in [-0.1, -0.05) is 0 Å². The van der Waals surface area contributed by atoms with E-state index < -0.39 is 10.0 Å². The topological polar surface area (TPSA) is 95.2 Å². The van der Waals surface area contributed by atoms with E-state index in [2.05, 4.69) is 19.6 Å². The minimum Gasteiger partial charge on any atom is -0.309 e. The molecule has 112 valence electrons. The predicted molar refractivity (Wildman–Crippen MR) is 75.9 cm³/mol. The van der Waals surface area contributed by atoms with Crippen molar-refractivity contribution in [2.75, 3.05) is 19.3 Å². The van der Waals surface area contributed by atoms with Crippen LogP contribution in [0.2, 0.25) is 0 Å². The lowest BCUT2D eigenvalue weighted by Gasteiger charge is -2.32.